The summed E-state index contributed by atoms with van der Waals surface area (Å²) in [5.41, 5.74) is 0.960. The molecule has 8 nitrogen and oxygen atoms in total. The third-order valence-corrected chi connectivity index (χ3v) is 5.06. The van der Waals surface area contributed by atoms with Crippen LogP contribution in [0.2, 0.25) is 0 Å². The highest BCUT2D eigenvalue weighted by molar-refractivity contribution is 6.05. The van der Waals surface area contributed by atoms with E-state index in [4.69, 9.17) is 4.74 Å². The fourth-order valence-electron chi connectivity index (χ4n) is 3.45. The molecule has 1 aliphatic heterocycles. The molecule has 0 saturated carbocycles. The van der Waals surface area contributed by atoms with Crippen LogP contribution in [0.15, 0.2) is 30.3 Å². The van der Waals surface area contributed by atoms with Gasteiger partial charge in [0.1, 0.15) is 12.2 Å². The van der Waals surface area contributed by atoms with Gasteiger partial charge in [-0.15, -0.1) is 0 Å². The van der Waals surface area contributed by atoms with Crippen molar-refractivity contribution in [1.29, 1.82) is 0 Å². The van der Waals surface area contributed by atoms with E-state index < -0.39 is 24.6 Å². The first-order valence-corrected chi connectivity index (χ1v) is 9.56. The monoisotopic (exact) mass is 438 g/mol. The number of H-pyrrole nitrogens is 1. The van der Waals surface area contributed by atoms with Crippen LogP contribution in [0.4, 0.5) is 13.2 Å². The van der Waals surface area contributed by atoms with Crippen molar-refractivity contribution in [3.8, 4) is 0 Å². The van der Waals surface area contributed by atoms with Gasteiger partial charge in [-0.05, 0) is 31.0 Å². The summed E-state index contributed by atoms with van der Waals surface area (Å²) < 4.78 is 41.5. The number of alkyl halides is 3. The summed E-state index contributed by atoms with van der Waals surface area (Å²) >= 11 is 0. The van der Waals surface area contributed by atoms with Gasteiger partial charge in [-0.3, -0.25) is 14.7 Å². The zero-order valence-electron chi connectivity index (χ0n) is 16.7. The molecule has 0 bridgehead atoms. The normalized spacial score (nSPS) is 14.9. The Morgan fingerprint density at radius 3 is 2.45 bits per heavy atom. The van der Waals surface area contributed by atoms with E-state index in [1.165, 1.54) is 19.2 Å². The molecule has 1 aromatic carbocycles. The number of carbonyl (C=O) groups is 3. The Hall–Kier alpha value is -3.37. The van der Waals surface area contributed by atoms with Crippen LogP contribution in [-0.4, -0.2) is 65.8 Å². The smallest absolute Gasteiger partial charge is 0.405 e. The molecule has 1 fully saturated rings. The summed E-state index contributed by atoms with van der Waals surface area (Å²) in [4.78, 5) is 38.2. The van der Waals surface area contributed by atoms with Crippen LogP contribution in [0.5, 0.6) is 0 Å². The Balaban J connectivity index is 1.61. The number of amides is 2. The van der Waals surface area contributed by atoms with Crippen molar-refractivity contribution in [2.24, 2.45) is 0 Å². The number of aromatic nitrogens is 2. The first-order valence-electron chi connectivity index (χ1n) is 9.56. The van der Waals surface area contributed by atoms with E-state index in [0.29, 0.717) is 31.6 Å². The molecule has 0 spiro atoms. The maximum Gasteiger partial charge on any atom is 0.405 e. The van der Waals surface area contributed by atoms with Gasteiger partial charge in [-0.1, -0.05) is 12.1 Å². The molecule has 2 amide bonds. The second-order valence-electron chi connectivity index (χ2n) is 7.11. The molecule has 0 radical (unpaired) electrons. The van der Waals surface area contributed by atoms with Crippen LogP contribution in [0.25, 0.3) is 0 Å². The van der Waals surface area contributed by atoms with Crippen molar-refractivity contribution in [3.05, 3.63) is 52.8 Å². The number of hydrogen-bond acceptors (Lipinski definition) is 5. The number of hydrogen-bond donors (Lipinski definition) is 2. The van der Waals surface area contributed by atoms with Crippen molar-refractivity contribution in [2.45, 2.75) is 24.9 Å². The molecular formula is C20H21F3N4O4. The van der Waals surface area contributed by atoms with Gasteiger partial charge in [0, 0.05) is 24.7 Å². The first-order chi connectivity index (χ1) is 14.7. The minimum atomic E-state index is -4.50. The number of benzene rings is 1. The van der Waals surface area contributed by atoms with Crippen LogP contribution >= 0.6 is 0 Å². The van der Waals surface area contributed by atoms with Gasteiger partial charge < -0.3 is 15.0 Å². The van der Waals surface area contributed by atoms with Crippen molar-refractivity contribution < 1.29 is 32.3 Å². The van der Waals surface area contributed by atoms with Gasteiger partial charge >= 0.3 is 12.1 Å². The zero-order valence-corrected chi connectivity index (χ0v) is 16.7. The molecule has 31 heavy (non-hydrogen) atoms. The molecule has 1 aliphatic rings. The summed E-state index contributed by atoms with van der Waals surface area (Å²) in [6.45, 7) is -0.608. The topological polar surface area (TPSA) is 104 Å². The summed E-state index contributed by atoms with van der Waals surface area (Å²) in [5.74, 6) is -1.81. The number of nitrogens with one attached hydrogen (secondary N) is 2. The van der Waals surface area contributed by atoms with Gasteiger partial charge in [-0.25, -0.2) is 4.79 Å². The number of carbonyl (C=O) groups excluding carboxylic acids is 3. The van der Waals surface area contributed by atoms with Gasteiger partial charge in [0.2, 0.25) is 0 Å². The van der Waals surface area contributed by atoms with Crippen molar-refractivity contribution in [2.75, 3.05) is 26.7 Å². The van der Waals surface area contributed by atoms with Crippen molar-refractivity contribution in [3.63, 3.8) is 0 Å². The lowest BCUT2D eigenvalue weighted by atomic mass is 9.92. The maximum atomic E-state index is 12.9. The molecule has 0 atom stereocenters. The van der Waals surface area contributed by atoms with Gasteiger partial charge in [0.25, 0.3) is 11.8 Å². The second-order valence-corrected chi connectivity index (χ2v) is 7.11. The van der Waals surface area contributed by atoms with Crippen LogP contribution in [-0.2, 0) is 4.74 Å². The van der Waals surface area contributed by atoms with E-state index in [-0.39, 0.29) is 28.6 Å². The fourth-order valence-corrected chi connectivity index (χ4v) is 3.45. The molecule has 0 unspecified atom stereocenters. The van der Waals surface area contributed by atoms with E-state index in [2.05, 4.69) is 10.2 Å². The first kappa shape index (κ1) is 22.3. The van der Waals surface area contributed by atoms with E-state index in [9.17, 15) is 27.6 Å². The predicted molar refractivity (Wildman–Crippen MR) is 103 cm³/mol. The predicted octanol–water partition coefficient (Wildman–Crippen LogP) is 2.51. The maximum absolute atomic E-state index is 12.9. The Bertz CT molecular complexity index is 965. The van der Waals surface area contributed by atoms with E-state index in [1.807, 2.05) is 0 Å². The number of piperidine rings is 1. The third kappa shape index (κ3) is 5.41. The molecule has 2 aromatic rings. The lowest BCUT2D eigenvalue weighted by Gasteiger charge is -2.31. The highest BCUT2D eigenvalue weighted by Crippen LogP contribution is 2.28. The lowest BCUT2D eigenvalue weighted by molar-refractivity contribution is -0.123. The number of methoxy groups -OCH3 is 1. The minimum absolute atomic E-state index is 0.0310. The fraction of sp³-hybridized carbons (Fsp3) is 0.400. The second kappa shape index (κ2) is 9.19. The standard InChI is InChI=1S/C20H21F3N4O4/c1-31-19(30)14-5-3-2-4-13(14)18(29)27-8-6-12(7-9-27)15-10-16(26-25-15)17(28)24-11-20(21,22)23/h2-5,10,12H,6-9,11H2,1H3,(H,24,28)(H,25,26). The molecule has 1 aromatic heterocycles. The number of aromatic amines is 1. The summed E-state index contributed by atoms with van der Waals surface area (Å²) in [6, 6.07) is 7.85. The third-order valence-electron chi connectivity index (χ3n) is 5.06. The molecule has 3 rings (SSSR count). The number of halogens is 3. The highest BCUT2D eigenvalue weighted by atomic mass is 19.4. The number of esters is 1. The lowest BCUT2D eigenvalue weighted by Crippen LogP contribution is -2.38. The average Bonchev–Trinajstić information content (AvgIpc) is 3.26. The number of ether oxygens (including phenoxy) is 1. The minimum Gasteiger partial charge on any atom is -0.465 e. The number of nitrogens with zero attached hydrogens (tertiary/aromatic N) is 2. The van der Waals surface area contributed by atoms with Crippen LogP contribution in [0.3, 0.4) is 0 Å². The highest BCUT2D eigenvalue weighted by Gasteiger charge is 2.30. The van der Waals surface area contributed by atoms with Crippen molar-refractivity contribution in [1.82, 2.24) is 20.4 Å². The number of rotatable bonds is 5. The molecule has 11 heteroatoms. The van der Waals surface area contributed by atoms with Gasteiger partial charge in [-0.2, -0.15) is 18.3 Å². The molecule has 166 valence electrons. The molecular weight excluding hydrogens is 417 g/mol. The quantitative estimate of drug-likeness (QED) is 0.698. The van der Waals surface area contributed by atoms with Crippen molar-refractivity contribution >= 4 is 17.8 Å². The van der Waals surface area contributed by atoms with E-state index >= 15 is 0 Å². The van der Waals surface area contributed by atoms with E-state index in [0.717, 1.165) is 0 Å². The van der Waals surface area contributed by atoms with Gasteiger partial charge in [0.15, 0.2) is 0 Å². The Kier molecular flexibility index (Phi) is 6.62. The van der Waals surface area contributed by atoms with Crippen LogP contribution in [0, 0.1) is 0 Å². The summed E-state index contributed by atoms with van der Waals surface area (Å²) in [7, 11) is 1.25. The van der Waals surface area contributed by atoms with E-state index in [1.54, 1.807) is 28.4 Å². The average molecular weight is 438 g/mol. The zero-order chi connectivity index (χ0) is 22.6. The molecule has 2 heterocycles. The SMILES string of the molecule is COC(=O)c1ccccc1C(=O)N1CCC(c2cc(C(=O)NCC(F)(F)F)n[nH]2)CC1. The number of likely N-dealkylation sites (tertiary alicyclic amines) is 1. The Morgan fingerprint density at radius 1 is 1.19 bits per heavy atom. The van der Waals surface area contributed by atoms with Gasteiger partial charge in [0.05, 0.1) is 18.2 Å². The molecule has 0 aliphatic carbocycles. The Labute approximate surface area is 175 Å². The summed E-state index contributed by atoms with van der Waals surface area (Å²) in [5, 5.41) is 8.28. The van der Waals surface area contributed by atoms with Crippen LogP contribution in [0.1, 0.15) is 55.7 Å². The Morgan fingerprint density at radius 2 is 1.84 bits per heavy atom. The summed E-state index contributed by atoms with van der Waals surface area (Å²) in [6.07, 6.45) is -3.36. The molecule has 1 saturated heterocycles. The molecule has 2 N–H and O–H groups in total. The largest absolute Gasteiger partial charge is 0.465 e. The van der Waals surface area contributed by atoms with Crippen LogP contribution < -0.4 is 5.32 Å².